The Bertz CT molecular complexity index is 1020. The molecule has 0 fully saturated rings. The van der Waals surface area contributed by atoms with Gasteiger partial charge in [-0.05, 0) is 61.6 Å². The minimum Gasteiger partial charge on any atom is -0.507 e. The van der Waals surface area contributed by atoms with E-state index in [0.29, 0.717) is 19.0 Å². The first-order valence-corrected chi connectivity index (χ1v) is 26.8. The minimum absolute atomic E-state index is 0.291. The predicted octanol–water partition coefficient (Wildman–Crippen LogP) is 18.5. The van der Waals surface area contributed by atoms with Crippen LogP contribution >= 0.6 is 7.60 Å². The summed E-state index contributed by atoms with van der Waals surface area (Å²) in [6.07, 6.45) is 44.6. The van der Waals surface area contributed by atoms with E-state index in [4.69, 9.17) is 9.05 Å². The van der Waals surface area contributed by atoms with Crippen LogP contribution in [0.3, 0.4) is 0 Å². The van der Waals surface area contributed by atoms with Crippen molar-refractivity contribution in [3.8, 4) is 5.75 Å². The van der Waals surface area contributed by atoms with Crippen molar-refractivity contribution >= 4 is 7.60 Å². The van der Waals surface area contributed by atoms with Gasteiger partial charge >= 0.3 is 7.60 Å². The molecule has 330 valence electrons. The number of aryl methyl sites for hydroxylation is 2. The fraction of sp³-hybridized carbons (Fsp3) is 0.882. The van der Waals surface area contributed by atoms with Crippen molar-refractivity contribution in [1.29, 1.82) is 0 Å². The van der Waals surface area contributed by atoms with E-state index in [0.717, 1.165) is 87.3 Å². The molecule has 56 heavy (non-hydrogen) atoms. The number of benzene rings is 1. The maximum Gasteiger partial charge on any atom is 0.338 e. The number of phenols is 1. The lowest BCUT2D eigenvalue weighted by atomic mass is 9.93. The van der Waals surface area contributed by atoms with Gasteiger partial charge in [0.2, 0.25) is 0 Å². The summed E-state index contributed by atoms with van der Waals surface area (Å²) in [4.78, 5) is 0. The molecule has 0 aliphatic rings. The summed E-state index contributed by atoms with van der Waals surface area (Å²) in [7, 11) is -3.46. The molecule has 0 saturated heterocycles. The van der Waals surface area contributed by atoms with E-state index >= 15 is 4.57 Å². The van der Waals surface area contributed by atoms with E-state index in [1.807, 2.05) is 0 Å². The van der Waals surface area contributed by atoms with Gasteiger partial charge in [0.25, 0.3) is 0 Å². The second kappa shape index (κ2) is 38.4. The first-order chi connectivity index (χ1) is 27.5. The highest BCUT2D eigenvalue weighted by atomic mass is 31.2. The monoisotopic (exact) mass is 805 g/mol. The first kappa shape index (κ1) is 53.2. The second-order valence-electron chi connectivity index (χ2n) is 17.5. The van der Waals surface area contributed by atoms with Crippen LogP contribution in [0.5, 0.6) is 5.75 Å². The lowest BCUT2D eigenvalue weighted by Crippen LogP contribution is -2.10. The zero-order chi connectivity index (χ0) is 40.8. The number of rotatable bonds is 43. The number of hydrogen-bond donors (Lipinski definition) is 1. The molecule has 0 bridgehead atoms. The number of hydrogen-bond acceptors (Lipinski definition) is 4. The van der Waals surface area contributed by atoms with Gasteiger partial charge in [0.15, 0.2) is 0 Å². The Kier molecular flexibility index (Phi) is 36.4. The van der Waals surface area contributed by atoms with Gasteiger partial charge in [-0.2, -0.15) is 0 Å². The van der Waals surface area contributed by atoms with Gasteiger partial charge in [-0.15, -0.1) is 0 Å². The molecular formula is C51H97O4P. The predicted molar refractivity (Wildman–Crippen MR) is 248 cm³/mol. The van der Waals surface area contributed by atoms with Gasteiger partial charge in [0, 0.05) is 0 Å². The van der Waals surface area contributed by atoms with E-state index in [1.165, 1.54) is 167 Å². The van der Waals surface area contributed by atoms with Crippen molar-refractivity contribution in [3.63, 3.8) is 0 Å². The number of unbranched alkanes of at least 4 members (excludes halogenated alkanes) is 29. The van der Waals surface area contributed by atoms with Crippen molar-refractivity contribution in [2.24, 2.45) is 0 Å². The summed E-state index contributed by atoms with van der Waals surface area (Å²) >= 11 is 0. The number of phenolic OH excluding ortho intramolecular Hbond substituents is 1. The maximum absolute atomic E-state index is 15.2. The Hall–Kier alpha value is -0.830. The molecule has 4 nitrogen and oxygen atoms in total. The Morgan fingerprint density at radius 2 is 0.714 bits per heavy atom. The van der Waals surface area contributed by atoms with Gasteiger partial charge in [0.1, 0.15) is 5.75 Å². The molecule has 0 aliphatic carbocycles. The summed E-state index contributed by atoms with van der Waals surface area (Å²) in [5.74, 6) is 0.488. The largest absolute Gasteiger partial charge is 0.507 e. The molecule has 1 N–H and O–H groups in total. The topological polar surface area (TPSA) is 55.8 Å². The minimum atomic E-state index is -3.46. The van der Waals surface area contributed by atoms with Gasteiger partial charge in [-0.3, -0.25) is 4.57 Å². The Balaban J connectivity index is 3.19. The summed E-state index contributed by atoms with van der Waals surface area (Å²) in [6.45, 7) is 12.3. The van der Waals surface area contributed by atoms with Crippen molar-refractivity contribution in [2.45, 2.75) is 278 Å². The fourth-order valence-corrected chi connectivity index (χ4v) is 10.5. The molecule has 0 radical (unpaired) electrons. The molecule has 0 amide bonds. The van der Waals surface area contributed by atoms with Crippen LogP contribution in [0, 0.1) is 0 Å². The van der Waals surface area contributed by atoms with Crippen LogP contribution in [0.4, 0.5) is 0 Å². The molecule has 1 aromatic carbocycles. The third kappa shape index (κ3) is 27.0. The third-order valence-electron chi connectivity index (χ3n) is 12.0. The first-order valence-electron chi connectivity index (χ1n) is 25.2. The van der Waals surface area contributed by atoms with Crippen LogP contribution in [0.1, 0.15) is 282 Å². The molecule has 0 spiro atoms. The SMILES string of the molecule is CCCCCCCCCCCCc1cc(C(CCCC)P(=O)(OCCCCCCCCCC)OCCCCCCCCCC)cc(CCCCCCCC)c1O. The van der Waals surface area contributed by atoms with E-state index in [-0.39, 0.29) is 5.66 Å². The van der Waals surface area contributed by atoms with E-state index in [2.05, 4.69) is 46.8 Å². The quantitative estimate of drug-likeness (QED) is 0.0528. The molecule has 1 rings (SSSR count). The lowest BCUT2D eigenvalue weighted by molar-refractivity contribution is 0.189. The van der Waals surface area contributed by atoms with Crippen molar-refractivity contribution in [1.82, 2.24) is 0 Å². The summed E-state index contributed by atoms with van der Waals surface area (Å²) in [5, 5.41) is 11.7. The molecular weight excluding hydrogens is 708 g/mol. The normalized spacial score (nSPS) is 12.5. The fourth-order valence-electron chi connectivity index (χ4n) is 8.24. The van der Waals surface area contributed by atoms with Crippen LogP contribution in [-0.4, -0.2) is 18.3 Å². The van der Waals surface area contributed by atoms with Crippen molar-refractivity contribution in [3.05, 3.63) is 28.8 Å². The van der Waals surface area contributed by atoms with E-state index < -0.39 is 7.60 Å². The van der Waals surface area contributed by atoms with Gasteiger partial charge in [0.05, 0.1) is 18.9 Å². The average molecular weight is 805 g/mol. The highest BCUT2D eigenvalue weighted by Crippen LogP contribution is 2.63. The molecule has 1 atom stereocenters. The summed E-state index contributed by atoms with van der Waals surface area (Å²) in [5.41, 5.74) is 2.87. The summed E-state index contributed by atoms with van der Waals surface area (Å²) < 4.78 is 28.3. The highest BCUT2D eigenvalue weighted by molar-refractivity contribution is 7.54. The molecule has 0 aliphatic heterocycles. The molecule has 0 aromatic heterocycles. The Morgan fingerprint density at radius 3 is 1.04 bits per heavy atom. The van der Waals surface area contributed by atoms with Gasteiger partial charge in [-0.1, -0.05) is 239 Å². The standard InChI is InChI=1S/C51H97O4P/c1-6-11-16-20-24-27-28-29-33-37-41-48-46-49(45-47(51(48)52)40-36-32-23-19-14-9-4)50(42-15-10-5)56(53,54-43-38-34-30-25-21-17-12-7-2)55-44-39-35-31-26-22-18-13-8-3/h45-46,50,52H,6-44H2,1-5H3. The van der Waals surface area contributed by atoms with Crippen LogP contribution in [-0.2, 0) is 26.5 Å². The second-order valence-corrected chi connectivity index (χ2v) is 19.7. The van der Waals surface area contributed by atoms with Gasteiger partial charge < -0.3 is 14.2 Å². The summed E-state index contributed by atoms with van der Waals surface area (Å²) in [6, 6.07) is 4.41. The number of aromatic hydroxyl groups is 1. The van der Waals surface area contributed by atoms with E-state index in [9.17, 15) is 5.11 Å². The van der Waals surface area contributed by atoms with Crippen LogP contribution < -0.4 is 0 Å². The molecule has 1 aromatic rings. The zero-order valence-electron chi connectivity index (χ0n) is 38.4. The van der Waals surface area contributed by atoms with Crippen molar-refractivity contribution in [2.75, 3.05) is 13.2 Å². The smallest absolute Gasteiger partial charge is 0.338 e. The van der Waals surface area contributed by atoms with Crippen LogP contribution in [0.25, 0.3) is 0 Å². The lowest BCUT2D eigenvalue weighted by Gasteiger charge is -2.29. The highest BCUT2D eigenvalue weighted by Gasteiger charge is 2.37. The molecule has 5 heteroatoms. The van der Waals surface area contributed by atoms with Crippen molar-refractivity contribution < 1.29 is 18.7 Å². The van der Waals surface area contributed by atoms with Gasteiger partial charge in [-0.25, -0.2) is 0 Å². The zero-order valence-corrected chi connectivity index (χ0v) is 39.3. The molecule has 1 unspecified atom stereocenters. The Morgan fingerprint density at radius 1 is 0.429 bits per heavy atom. The average Bonchev–Trinajstić information content (AvgIpc) is 3.20. The maximum atomic E-state index is 15.2. The molecule has 0 saturated carbocycles. The third-order valence-corrected chi connectivity index (χ3v) is 14.4. The van der Waals surface area contributed by atoms with Crippen LogP contribution in [0.2, 0.25) is 0 Å². The van der Waals surface area contributed by atoms with E-state index in [1.54, 1.807) is 0 Å². The van der Waals surface area contributed by atoms with Crippen LogP contribution in [0.15, 0.2) is 12.1 Å². The Labute approximate surface area is 350 Å². The molecule has 0 heterocycles.